The smallest absolute Gasteiger partial charge is 0.0777 e. The first kappa shape index (κ1) is 16.4. The Balaban J connectivity index is 0.000000437. The lowest BCUT2D eigenvalue weighted by atomic mass is 10.2. The van der Waals surface area contributed by atoms with E-state index in [0.717, 1.165) is 6.54 Å². The van der Waals surface area contributed by atoms with E-state index in [4.69, 9.17) is 18.6 Å². The van der Waals surface area contributed by atoms with E-state index < -0.39 is 10.2 Å². The summed E-state index contributed by atoms with van der Waals surface area (Å²) in [5.74, 6) is 0. The lowest BCUT2D eigenvalue weighted by molar-refractivity contribution is -1.92. The van der Waals surface area contributed by atoms with Crippen LogP contribution in [-0.4, -0.2) is 22.6 Å². The molecule has 0 aliphatic carbocycles. The highest BCUT2D eigenvalue weighted by atomic mass is 35.7. The van der Waals surface area contributed by atoms with E-state index in [1.165, 1.54) is 32.2 Å². The van der Waals surface area contributed by atoms with Gasteiger partial charge in [0.05, 0.1) is 14.9 Å². The average Bonchev–Trinajstić information content (AvgIpc) is 2.24. The molecule has 1 N–H and O–H groups in total. The van der Waals surface area contributed by atoms with Gasteiger partial charge in [-0.1, -0.05) is 38.3 Å². The summed E-state index contributed by atoms with van der Waals surface area (Å²) in [6, 6.07) is 0. The molecule has 0 saturated carbocycles. The molecule has 0 saturated heterocycles. The minimum Gasteiger partial charge on any atom is -0.374 e. The van der Waals surface area contributed by atoms with Gasteiger partial charge in [0.1, 0.15) is 0 Å². The summed E-state index contributed by atoms with van der Waals surface area (Å²) in [7, 11) is -4.69. The Hall–Kier alpha value is -0.590. The van der Waals surface area contributed by atoms with E-state index in [1.54, 1.807) is 0 Å². The predicted octanol–water partition coefficient (Wildman–Crippen LogP) is -1.17. The first-order valence-corrected chi connectivity index (χ1v) is 6.90. The lowest BCUT2D eigenvalue weighted by Crippen LogP contribution is -2.58. The van der Waals surface area contributed by atoms with Gasteiger partial charge in [0.15, 0.2) is 0 Å². The fraction of sp³-hybridized carbons (Fsp3) is 0.636. The Morgan fingerprint density at radius 3 is 2.29 bits per heavy atom. The van der Waals surface area contributed by atoms with Crippen LogP contribution in [-0.2, 0) is 0 Å². The zero-order valence-electron chi connectivity index (χ0n) is 10.0. The van der Waals surface area contributed by atoms with Crippen molar-refractivity contribution in [3.05, 3.63) is 24.4 Å². The zero-order valence-corrected chi connectivity index (χ0v) is 10.8. The normalized spacial score (nSPS) is 14.5. The van der Waals surface area contributed by atoms with Gasteiger partial charge in [0.2, 0.25) is 0 Å². The van der Waals surface area contributed by atoms with Crippen molar-refractivity contribution in [1.82, 2.24) is 4.90 Å². The third kappa shape index (κ3) is 15.4. The molecule has 0 spiro atoms. The van der Waals surface area contributed by atoms with Gasteiger partial charge in [0, 0.05) is 13.1 Å². The molecule has 0 radical (unpaired) electrons. The fourth-order valence-electron chi connectivity index (χ4n) is 1.41. The molecule has 1 aliphatic rings. The molecule has 5 nitrogen and oxygen atoms in total. The topological polar surface area (TPSA) is 92.7 Å². The third-order valence-corrected chi connectivity index (χ3v) is 2.18. The minimum absolute atomic E-state index is 1.10. The Bertz CT molecular complexity index is 232. The molecule has 0 atom stereocenters. The van der Waals surface area contributed by atoms with E-state index in [-0.39, 0.29) is 0 Å². The van der Waals surface area contributed by atoms with Gasteiger partial charge in [-0.15, -0.1) is 0 Å². The Kier molecular flexibility index (Phi) is 9.11. The summed E-state index contributed by atoms with van der Waals surface area (Å²) in [6.45, 7) is 4.58. The minimum atomic E-state index is -4.69. The first-order valence-electron chi connectivity index (χ1n) is 5.64. The van der Waals surface area contributed by atoms with Crippen molar-refractivity contribution < 1.29 is 28.9 Å². The highest BCUT2D eigenvalue weighted by Crippen LogP contribution is 2.04. The Morgan fingerprint density at radius 1 is 1.18 bits per heavy atom. The molecule has 1 rings (SSSR count). The maximum Gasteiger partial charge on any atom is 0.0777 e. The average molecular weight is 266 g/mol. The van der Waals surface area contributed by atoms with Crippen LogP contribution >= 0.6 is 0 Å². The molecule has 0 unspecified atom stereocenters. The largest absolute Gasteiger partial charge is 0.374 e. The van der Waals surface area contributed by atoms with Crippen molar-refractivity contribution in [2.45, 2.75) is 32.6 Å². The summed E-state index contributed by atoms with van der Waals surface area (Å²) in [6.07, 6.45) is 14.1. The van der Waals surface area contributed by atoms with Crippen LogP contribution in [0.4, 0.5) is 0 Å². The predicted molar refractivity (Wildman–Crippen MR) is 56.2 cm³/mol. The van der Waals surface area contributed by atoms with Crippen molar-refractivity contribution in [2.75, 3.05) is 13.1 Å². The summed E-state index contributed by atoms with van der Waals surface area (Å²) in [5.41, 5.74) is 0. The van der Waals surface area contributed by atoms with Gasteiger partial charge in [-0.05, 0) is 18.7 Å². The number of halogens is 1. The number of hydrogen-bond acceptors (Lipinski definition) is 5. The molecule has 0 aromatic rings. The summed E-state index contributed by atoms with van der Waals surface area (Å²) >= 11 is 0. The number of hydrogen-bond donors (Lipinski definition) is 1. The highest BCUT2D eigenvalue weighted by molar-refractivity contribution is 5.08. The van der Waals surface area contributed by atoms with Crippen LogP contribution in [0.1, 0.15) is 32.6 Å². The molecule has 6 heteroatoms. The fourth-order valence-corrected chi connectivity index (χ4v) is 1.41. The van der Waals surface area contributed by atoms with Gasteiger partial charge in [0.25, 0.3) is 0 Å². The van der Waals surface area contributed by atoms with Crippen LogP contribution in [0.2, 0.25) is 0 Å². The van der Waals surface area contributed by atoms with Crippen molar-refractivity contribution >= 4 is 0 Å². The second kappa shape index (κ2) is 9.44. The van der Waals surface area contributed by atoms with E-state index in [2.05, 4.69) is 36.3 Å². The quantitative estimate of drug-likeness (QED) is 0.632. The zero-order chi connectivity index (χ0) is 13.1. The lowest BCUT2D eigenvalue weighted by Gasteiger charge is -2.19. The molecule has 1 aliphatic heterocycles. The standard InChI is InChI=1S/C11H19N.ClHO4/c1-2-3-4-6-9-12-10-7-5-8-11-12;2-1(3,4)5/h5,7-8,10H,2-4,6,9,11H2,1H3;(H,2,3,4,5). The second-order valence-electron chi connectivity index (χ2n) is 3.72. The van der Waals surface area contributed by atoms with Crippen molar-refractivity contribution in [3.8, 4) is 0 Å². The molecule has 100 valence electrons. The highest BCUT2D eigenvalue weighted by Gasteiger charge is 1.99. The monoisotopic (exact) mass is 265 g/mol. The van der Waals surface area contributed by atoms with Crippen molar-refractivity contribution in [3.63, 3.8) is 0 Å². The number of unbranched alkanes of at least 4 members (excludes halogenated alkanes) is 3. The maximum absolute atomic E-state index is 8.60. The Labute approximate surface area is 104 Å². The summed E-state index contributed by atoms with van der Waals surface area (Å²) in [5, 5.41) is 0. The van der Waals surface area contributed by atoms with Crippen molar-refractivity contribution in [1.29, 1.82) is 0 Å². The maximum atomic E-state index is 8.60. The first-order chi connectivity index (χ1) is 7.93. The molecule has 17 heavy (non-hydrogen) atoms. The van der Waals surface area contributed by atoms with E-state index >= 15 is 0 Å². The molecule has 1 heterocycles. The SMILES string of the molecule is CCCCCCN1C=CC=CC1.[O-][Cl+3]([O-])([O-])O. The summed E-state index contributed by atoms with van der Waals surface area (Å²) in [4.78, 5) is 2.37. The van der Waals surface area contributed by atoms with Crippen molar-refractivity contribution in [2.24, 2.45) is 0 Å². The number of rotatable bonds is 5. The van der Waals surface area contributed by atoms with E-state index in [1.807, 2.05) is 0 Å². The third-order valence-electron chi connectivity index (χ3n) is 2.18. The van der Waals surface area contributed by atoms with Crippen LogP contribution in [0.3, 0.4) is 0 Å². The van der Waals surface area contributed by atoms with Crippen LogP contribution in [0.25, 0.3) is 0 Å². The van der Waals surface area contributed by atoms with E-state index in [9.17, 15) is 0 Å². The van der Waals surface area contributed by atoms with Crippen LogP contribution in [0.15, 0.2) is 24.4 Å². The Morgan fingerprint density at radius 2 is 1.82 bits per heavy atom. The molecular weight excluding hydrogens is 246 g/mol. The number of allylic oxidation sites excluding steroid dienone is 2. The van der Waals surface area contributed by atoms with E-state index in [0.29, 0.717) is 0 Å². The van der Waals surface area contributed by atoms with Gasteiger partial charge in [-0.25, -0.2) is 0 Å². The van der Waals surface area contributed by atoms with Crippen LogP contribution < -0.4 is 14.0 Å². The molecule has 0 aromatic heterocycles. The molecular formula is C11H20ClNO4. The van der Waals surface area contributed by atoms with Gasteiger partial charge < -0.3 is 4.90 Å². The van der Waals surface area contributed by atoms with Gasteiger partial charge >= 0.3 is 0 Å². The molecule has 0 bridgehead atoms. The molecule has 0 aromatic carbocycles. The van der Waals surface area contributed by atoms with Gasteiger partial charge in [-0.3, -0.25) is 0 Å². The second-order valence-corrected chi connectivity index (χ2v) is 4.51. The van der Waals surface area contributed by atoms with Crippen LogP contribution in [0, 0.1) is 10.2 Å². The molecule has 0 amide bonds. The van der Waals surface area contributed by atoms with Gasteiger partial charge in [-0.2, -0.15) is 14.0 Å². The number of nitrogens with zero attached hydrogens (tertiary/aromatic N) is 1. The van der Waals surface area contributed by atoms with Crippen LogP contribution in [0.5, 0.6) is 0 Å². The summed E-state index contributed by atoms with van der Waals surface area (Å²) < 4.78 is 32.7. The molecule has 0 fully saturated rings.